The third kappa shape index (κ3) is 5.08. The monoisotopic (exact) mass is 415 g/mol. The second-order valence-corrected chi connectivity index (χ2v) is 7.42. The maximum absolute atomic E-state index is 11.1. The number of carbonyl (C=O) groups excluding carboxylic acids is 1. The van der Waals surface area contributed by atoms with Gasteiger partial charge < -0.3 is 14.7 Å². The molecule has 0 aliphatic carbocycles. The Morgan fingerprint density at radius 1 is 0.516 bits per heavy atom. The van der Waals surface area contributed by atoms with Crippen LogP contribution in [0.25, 0.3) is 0 Å². The molecule has 0 fully saturated rings. The van der Waals surface area contributed by atoms with E-state index in [4.69, 9.17) is 0 Å². The smallest absolute Gasteiger partial charge is 0.150 e. The number of rotatable bonds is 10. The molecule has 0 atom stereocenters. The quantitative estimate of drug-likeness (QED) is 0.346. The Balaban J connectivity index is 2.01. The van der Waals surface area contributed by atoms with Gasteiger partial charge in [-0.15, -0.1) is 0 Å². The zero-order valence-electron chi connectivity index (χ0n) is 19.1. The van der Waals surface area contributed by atoms with Crippen molar-refractivity contribution in [1.29, 1.82) is 0 Å². The standard InChI is InChI=1S/C27H33N3O/c1-5-28(6-2)23-13-17-26(18-14-23)30(25-11-9-22(21-31)10-12-25)27-19-15-24(16-20-27)29(7-3)8-4/h9-21H,5-8H2,1-4H3. The third-order valence-corrected chi connectivity index (χ3v) is 5.76. The summed E-state index contributed by atoms with van der Waals surface area (Å²) in [6.45, 7) is 12.6. The number of hydrogen-bond acceptors (Lipinski definition) is 4. The first-order valence-electron chi connectivity index (χ1n) is 11.2. The van der Waals surface area contributed by atoms with E-state index in [0.29, 0.717) is 5.56 Å². The summed E-state index contributed by atoms with van der Waals surface area (Å²) < 4.78 is 0. The molecular formula is C27H33N3O. The Hall–Kier alpha value is -3.27. The van der Waals surface area contributed by atoms with E-state index in [-0.39, 0.29) is 0 Å². The van der Waals surface area contributed by atoms with Gasteiger partial charge in [-0.05, 0) is 100 Å². The molecule has 0 radical (unpaired) electrons. The molecule has 0 spiro atoms. The van der Waals surface area contributed by atoms with Gasteiger partial charge in [0.1, 0.15) is 6.29 Å². The summed E-state index contributed by atoms with van der Waals surface area (Å²) in [6.07, 6.45) is 0.881. The molecule has 0 saturated heterocycles. The summed E-state index contributed by atoms with van der Waals surface area (Å²) in [5.74, 6) is 0. The number of benzene rings is 3. The second-order valence-electron chi connectivity index (χ2n) is 7.42. The van der Waals surface area contributed by atoms with Gasteiger partial charge in [-0.2, -0.15) is 0 Å². The van der Waals surface area contributed by atoms with Gasteiger partial charge in [0.05, 0.1) is 0 Å². The molecule has 4 heteroatoms. The molecule has 0 N–H and O–H groups in total. The molecular weight excluding hydrogens is 382 g/mol. The average molecular weight is 416 g/mol. The summed E-state index contributed by atoms with van der Waals surface area (Å²) in [6, 6.07) is 25.1. The van der Waals surface area contributed by atoms with Crippen LogP contribution in [0.4, 0.5) is 28.4 Å². The van der Waals surface area contributed by atoms with Crippen LogP contribution in [0.1, 0.15) is 38.1 Å². The van der Waals surface area contributed by atoms with E-state index < -0.39 is 0 Å². The highest BCUT2D eigenvalue weighted by atomic mass is 16.1. The Kier molecular flexibility index (Phi) is 7.71. The molecule has 4 nitrogen and oxygen atoms in total. The lowest BCUT2D eigenvalue weighted by atomic mass is 10.1. The van der Waals surface area contributed by atoms with Crippen molar-refractivity contribution < 1.29 is 4.79 Å². The SMILES string of the molecule is CCN(CC)c1ccc(N(c2ccc(C=O)cc2)c2ccc(N(CC)CC)cc2)cc1. The second kappa shape index (κ2) is 10.7. The highest BCUT2D eigenvalue weighted by Gasteiger charge is 2.14. The van der Waals surface area contributed by atoms with Crippen molar-refractivity contribution in [2.45, 2.75) is 27.7 Å². The Morgan fingerprint density at radius 2 is 0.806 bits per heavy atom. The van der Waals surface area contributed by atoms with Gasteiger partial charge in [-0.3, -0.25) is 4.79 Å². The zero-order chi connectivity index (χ0) is 22.2. The summed E-state index contributed by atoms with van der Waals surface area (Å²) in [4.78, 5) is 18.0. The first-order chi connectivity index (χ1) is 15.1. The fourth-order valence-corrected chi connectivity index (χ4v) is 3.95. The predicted octanol–water partition coefficient (Wildman–Crippen LogP) is 6.66. The van der Waals surface area contributed by atoms with Crippen molar-refractivity contribution in [3.8, 4) is 0 Å². The van der Waals surface area contributed by atoms with Crippen LogP contribution in [-0.4, -0.2) is 32.5 Å². The van der Waals surface area contributed by atoms with Crippen molar-refractivity contribution in [2.75, 3.05) is 40.9 Å². The molecule has 31 heavy (non-hydrogen) atoms. The summed E-state index contributed by atoms with van der Waals surface area (Å²) >= 11 is 0. The largest absolute Gasteiger partial charge is 0.372 e. The van der Waals surface area contributed by atoms with Crippen molar-refractivity contribution in [2.24, 2.45) is 0 Å². The van der Waals surface area contributed by atoms with Gasteiger partial charge in [0, 0.05) is 60.2 Å². The van der Waals surface area contributed by atoms with Gasteiger partial charge >= 0.3 is 0 Å². The van der Waals surface area contributed by atoms with Crippen molar-refractivity contribution in [1.82, 2.24) is 0 Å². The molecule has 0 aromatic heterocycles. The van der Waals surface area contributed by atoms with Crippen LogP contribution >= 0.6 is 0 Å². The normalized spacial score (nSPS) is 10.6. The molecule has 0 aliphatic rings. The Bertz CT molecular complexity index is 886. The van der Waals surface area contributed by atoms with E-state index in [0.717, 1.165) is 49.5 Å². The van der Waals surface area contributed by atoms with Crippen LogP contribution in [-0.2, 0) is 0 Å². The molecule has 0 heterocycles. The fraction of sp³-hybridized carbons (Fsp3) is 0.296. The number of aldehydes is 1. The van der Waals surface area contributed by atoms with Gasteiger partial charge in [0.2, 0.25) is 0 Å². The minimum Gasteiger partial charge on any atom is -0.372 e. The van der Waals surface area contributed by atoms with Crippen LogP contribution < -0.4 is 14.7 Å². The van der Waals surface area contributed by atoms with Gasteiger partial charge in [0.15, 0.2) is 0 Å². The molecule has 0 amide bonds. The number of hydrogen-bond donors (Lipinski definition) is 0. The van der Waals surface area contributed by atoms with E-state index >= 15 is 0 Å². The lowest BCUT2D eigenvalue weighted by Crippen LogP contribution is -2.22. The molecule has 0 bridgehead atoms. The van der Waals surface area contributed by atoms with E-state index in [9.17, 15) is 4.79 Å². The van der Waals surface area contributed by atoms with Crippen molar-refractivity contribution in [3.63, 3.8) is 0 Å². The average Bonchev–Trinajstić information content (AvgIpc) is 2.83. The number of carbonyl (C=O) groups is 1. The Labute approximate surface area is 186 Å². The zero-order valence-corrected chi connectivity index (χ0v) is 19.1. The predicted molar refractivity (Wildman–Crippen MR) is 134 cm³/mol. The van der Waals surface area contributed by atoms with Crippen LogP contribution in [0.5, 0.6) is 0 Å². The maximum Gasteiger partial charge on any atom is 0.150 e. The lowest BCUT2D eigenvalue weighted by molar-refractivity contribution is 0.112. The number of nitrogens with zero attached hydrogens (tertiary/aromatic N) is 3. The molecule has 3 aromatic carbocycles. The molecule has 3 rings (SSSR count). The maximum atomic E-state index is 11.1. The van der Waals surface area contributed by atoms with Crippen molar-refractivity contribution in [3.05, 3.63) is 78.4 Å². The van der Waals surface area contributed by atoms with E-state index in [2.05, 4.69) is 90.9 Å². The van der Waals surface area contributed by atoms with Crippen LogP contribution in [0.2, 0.25) is 0 Å². The van der Waals surface area contributed by atoms with E-state index in [1.807, 2.05) is 24.3 Å². The lowest BCUT2D eigenvalue weighted by Gasteiger charge is -2.28. The van der Waals surface area contributed by atoms with E-state index in [1.165, 1.54) is 11.4 Å². The molecule has 162 valence electrons. The first kappa shape index (κ1) is 22.4. The van der Waals surface area contributed by atoms with Gasteiger partial charge in [-0.1, -0.05) is 0 Å². The fourth-order valence-electron chi connectivity index (χ4n) is 3.95. The van der Waals surface area contributed by atoms with Crippen LogP contribution in [0.3, 0.4) is 0 Å². The van der Waals surface area contributed by atoms with Gasteiger partial charge in [0.25, 0.3) is 0 Å². The summed E-state index contributed by atoms with van der Waals surface area (Å²) in [5.41, 5.74) is 6.33. The minimum atomic E-state index is 0.678. The highest BCUT2D eigenvalue weighted by Crippen LogP contribution is 2.36. The van der Waals surface area contributed by atoms with Gasteiger partial charge in [-0.25, -0.2) is 0 Å². The Morgan fingerprint density at radius 3 is 1.10 bits per heavy atom. The molecule has 0 aliphatic heterocycles. The van der Waals surface area contributed by atoms with Crippen molar-refractivity contribution >= 4 is 34.7 Å². The summed E-state index contributed by atoms with van der Waals surface area (Å²) in [5, 5.41) is 0. The third-order valence-electron chi connectivity index (χ3n) is 5.76. The van der Waals surface area contributed by atoms with Crippen LogP contribution in [0, 0.1) is 0 Å². The number of anilines is 5. The molecule has 0 unspecified atom stereocenters. The molecule has 3 aromatic rings. The summed E-state index contributed by atoms with van der Waals surface area (Å²) in [7, 11) is 0. The van der Waals surface area contributed by atoms with E-state index in [1.54, 1.807) is 0 Å². The molecule has 0 saturated carbocycles. The van der Waals surface area contributed by atoms with Crippen LogP contribution in [0.15, 0.2) is 72.8 Å². The topological polar surface area (TPSA) is 26.8 Å². The highest BCUT2D eigenvalue weighted by molar-refractivity contribution is 5.81. The first-order valence-corrected chi connectivity index (χ1v) is 11.2. The minimum absolute atomic E-state index is 0.678.